The van der Waals surface area contributed by atoms with E-state index in [0.29, 0.717) is 19.0 Å². The predicted molar refractivity (Wildman–Crippen MR) is 55.2 cm³/mol. The van der Waals surface area contributed by atoms with Crippen LogP contribution in [-0.2, 0) is 9.59 Å². The van der Waals surface area contributed by atoms with Gasteiger partial charge < -0.3 is 4.90 Å². The van der Waals surface area contributed by atoms with Crippen LogP contribution in [0.4, 0.5) is 0 Å². The van der Waals surface area contributed by atoms with Crippen molar-refractivity contribution in [2.45, 2.75) is 44.6 Å². The van der Waals surface area contributed by atoms with Crippen LogP contribution >= 0.6 is 0 Å². The van der Waals surface area contributed by atoms with Crippen molar-refractivity contribution in [1.82, 2.24) is 4.90 Å². The van der Waals surface area contributed by atoms with Gasteiger partial charge in [-0.25, -0.2) is 0 Å². The average molecular weight is 207 g/mol. The SMILES string of the molecule is O=C1CCN(C2CC3CCC2C3)C(=O)C1. The standard InChI is InChI=1S/C12H17NO2/c14-10-3-4-13(12(15)7-10)11-6-8-1-2-9(11)5-8/h8-9,11H,1-7H2. The van der Waals surface area contributed by atoms with E-state index in [0.717, 1.165) is 11.8 Å². The topological polar surface area (TPSA) is 37.4 Å². The fourth-order valence-corrected chi connectivity index (χ4v) is 3.67. The molecular formula is C12H17NO2. The average Bonchev–Trinajstić information content (AvgIpc) is 2.78. The molecule has 0 aromatic rings. The molecule has 3 fully saturated rings. The highest BCUT2D eigenvalue weighted by Gasteiger charge is 2.44. The maximum atomic E-state index is 11.8. The van der Waals surface area contributed by atoms with Crippen molar-refractivity contribution in [2.75, 3.05) is 6.54 Å². The number of amides is 1. The lowest BCUT2D eigenvalue weighted by Crippen LogP contribution is -2.47. The Morgan fingerprint density at radius 3 is 2.60 bits per heavy atom. The molecule has 1 amide bonds. The summed E-state index contributed by atoms with van der Waals surface area (Å²) in [5, 5.41) is 0. The molecule has 0 aromatic heterocycles. The van der Waals surface area contributed by atoms with Gasteiger partial charge in [-0.3, -0.25) is 9.59 Å². The van der Waals surface area contributed by atoms with Crippen LogP contribution in [0.5, 0.6) is 0 Å². The van der Waals surface area contributed by atoms with E-state index in [9.17, 15) is 9.59 Å². The van der Waals surface area contributed by atoms with Gasteiger partial charge in [0, 0.05) is 19.0 Å². The highest BCUT2D eigenvalue weighted by atomic mass is 16.2. The lowest BCUT2D eigenvalue weighted by atomic mass is 9.92. The third-order valence-electron chi connectivity index (χ3n) is 4.40. The number of hydrogen-bond donors (Lipinski definition) is 0. The molecule has 3 atom stereocenters. The van der Waals surface area contributed by atoms with Gasteiger partial charge in [-0.15, -0.1) is 0 Å². The molecule has 15 heavy (non-hydrogen) atoms. The Morgan fingerprint density at radius 1 is 1.13 bits per heavy atom. The molecule has 82 valence electrons. The van der Waals surface area contributed by atoms with Crippen molar-refractivity contribution in [1.29, 1.82) is 0 Å². The Kier molecular flexibility index (Phi) is 2.08. The minimum atomic E-state index is 0.0869. The molecule has 0 aromatic carbocycles. The molecule has 1 aliphatic heterocycles. The Morgan fingerprint density at radius 2 is 2.00 bits per heavy atom. The van der Waals surface area contributed by atoms with Gasteiger partial charge in [-0.05, 0) is 31.1 Å². The number of hydrogen-bond acceptors (Lipinski definition) is 2. The molecule has 1 saturated heterocycles. The maximum Gasteiger partial charge on any atom is 0.230 e. The fraction of sp³-hybridized carbons (Fsp3) is 0.833. The first-order valence-electron chi connectivity index (χ1n) is 6.05. The van der Waals surface area contributed by atoms with Gasteiger partial charge in [0.1, 0.15) is 5.78 Å². The molecule has 3 nitrogen and oxygen atoms in total. The summed E-state index contributed by atoms with van der Waals surface area (Å²) in [6, 6.07) is 0.476. The molecule has 3 aliphatic rings. The van der Waals surface area contributed by atoms with Crippen LogP contribution < -0.4 is 0 Å². The van der Waals surface area contributed by atoms with Crippen LogP contribution in [0.25, 0.3) is 0 Å². The number of fused-ring (bicyclic) bond motifs is 2. The number of carbonyl (C=O) groups is 2. The number of nitrogens with zero attached hydrogens (tertiary/aromatic N) is 1. The van der Waals surface area contributed by atoms with Crippen LogP contribution in [-0.4, -0.2) is 29.2 Å². The fourth-order valence-electron chi connectivity index (χ4n) is 3.67. The van der Waals surface area contributed by atoms with Gasteiger partial charge in [0.2, 0.25) is 5.91 Å². The molecule has 2 bridgehead atoms. The van der Waals surface area contributed by atoms with Crippen LogP contribution in [0.1, 0.15) is 38.5 Å². The first-order valence-corrected chi connectivity index (χ1v) is 6.05. The molecule has 3 heteroatoms. The van der Waals surface area contributed by atoms with Gasteiger partial charge >= 0.3 is 0 Å². The third kappa shape index (κ3) is 1.48. The monoisotopic (exact) mass is 207 g/mol. The lowest BCUT2D eigenvalue weighted by molar-refractivity contribution is -0.142. The van der Waals surface area contributed by atoms with Crippen LogP contribution in [0.2, 0.25) is 0 Å². The molecule has 1 heterocycles. The zero-order valence-electron chi connectivity index (χ0n) is 8.95. The summed E-state index contributed by atoms with van der Waals surface area (Å²) in [4.78, 5) is 24.9. The van der Waals surface area contributed by atoms with E-state index in [4.69, 9.17) is 0 Å². The largest absolute Gasteiger partial charge is 0.339 e. The second-order valence-corrected chi connectivity index (χ2v) is 5.29. The first kappa shape index (κ1) is 9.37. The van der Waals surface area contributed by atoms with E-state index in [1.54, 1.807) is 0 Å². The summed E-state index contributed by atoms with van der Waals surface area (Å²) in [5.41, 5.74) is 0. The Labute approximate surface area is 89.8 Å². The molecule has 0 spiro atoms. The van der Waals surface area contributed by atoms with E-state index in [1.165, 1.54) is 25.7 Å². The van der Waals surface area contributed by atoms with Crippen LogP contribution in [0, 0.1) is 11.8 Å². The van der Waals surface area contributed by atoms with E-state index < -0.39 is 0 Å². The lowest BCUT2D eigenvalue weighted by Gasteiger charge is -2.36. The third-order valence-corrected chi connectivity index (χ3v) is 4.40. The summed E-state index contributed by atoms with van der Waals surface area (Å²) in [6.07, 6.45) is 5.93. The number of piperidine rings is 1. The summed E-state index contributed by atoms with van der Waals surface area (Å²) in [7, 11) is 0. The second-order valence-electron chi connectivity index (χ2n) is 5.29. The molecule has 0 radical (unpaired) electrons. The van der Waals surface area contributed by atoms with E-state index in [1.807, 2.05) is 4.90 Å². The quantitative estimate of drug-likeness (QED) is 0.609. The highest BCUT2D eigenvalue weighted by Crippen LogP contribution is 2.47. The number of likely N-dealkylation sites (tertiary alicyclic amines) is 1. The molecule has 2 saturated carbocycles. The Hall–Kier alpha value is -0.860. The minimum Gasteiger partial charge on any atom is -0.339 e. The molecular weight excluding hydrogens is 190 g/mol. The number of carbonyl (C=O) groups excluding carboxylic acids is 2. The van der Waals surface area contributed by atoms with Crippen LogP contribution in [0.15, 0.2) is 0 Å². The smallest absolute Gasteiger partial charge is 0.230 e. The van der Waals surface area contributed by atoms with E-state index in [-0.39, 0.29) is 18.1 Å². The second kappa shape index (κ2) is 3.32. The Balaban J connectivity index is 1.72. The first-order chi connectivity index (χ1) is 7.24. The summed E-state index contributed by atoms with van der Waals surface area (Å²) < 4.78 is 0. The molecule has 2 aliphatic carbocycles. The summed E-state index contributed by atoms with van der Waals surface area (Å²) in [5.74, 6) is 1.82. The predicted octanol–water partition coefficient (Wildman–Crippen LogP) is 1.37. The van der Waals surface area contributed by atoms with Crippen molar-refractivity contribution in [3.05, 3.63) is 0 Å². The number of rotatable bonds is 1. The van der Waals surface area contributed by atoms with Gasteiger partial charge in [0.15, 0.2) is 0 Å². The van der Waals surface area contributed by atoms with E-state index >= 15 is 0 Å². The maximum absolute atomic E-state index is 11.8. The highest BCUT2D eigenvalue weighted by molar-refractivity contribution is 6.00. The van der Waals surface area contributed by atoms with Gasteiger partial charge in [-0.1, -0.05) is 6.42 Å². The van der Waals surface area contributed by atoms with Crippen molar-refractivity contribution < 1.29 is 9.59 Å². The number of Topliss-reactive ketones (excluding diaryl/α,β-unsaturated/α-hetero) is 1. The van der Waals surface area contributed by atoms with Crippen LogP contribution in [0.3, 0.4) is 0 Å². The normalized spacial score (nSPS) is 40.3. The van der Waals surface area contributed by atoms with Crippen molar-refractivity contribution in [3.8, 4) is 0 Å². The molecule has 0 N–H and O–H groups in total. The molecule has 3 rings (SSSR count). The summed E-state index contributed by atoms with van der Waals surface area (Å²) >= 11 is 0. The van der Waals surface area contributed by atoms with Gasteiger partial charge in [0.05, 0.1) is 6.42 Å². The zero-order chi connectivity index (χ0) is 10.4. The number of ketones is 1. The van der Waals surface area contributed by atoms with Crippen molar-refractivity contribution >= 4 is 11.7 Å². The van der Waals surface area contributed by atoms with Gasteiger partial charge in [-0.2, -0.15) is 0 Å². The minimum absolute atomic E-state index is 0.0869. The molecule has 3 unspecified atom stereocenters. The Bertz CT molecular complexity index is 313. The van der Waals surface area contributed by atoms with Gasteiger partial charge in [0.25, 0.3) is 0 Å². The summed E-state index contributed by atoms with van der Waals surface area (Å²) in [6.45, 7) is 0.686. The van der Waals surface area contributed by atoms with Crippen molar-refractivity contribution in [3.63, 3.8) is 0 Å². The van der Waals surface area contributed by atoms with Crippen molar-refractivity contribution in [2.24, 2.45) is 11.8 Å². The zero-order valence-corrected chi connectivity index (χ0v) is 8.95. The van der Waals surface area contributed by atoms with E-state index in [2.05, 4.69) is 0 Å².